The number of hydrogen-bond acceptors (Lipinski definition) is 3. The minimum absolute atomic E-state index is 0.0191. The van der Waals surface area contributed by atoms with Crippen molar-refractivity contribution in [3.8, 4) is 5.75 Å². The van der Waals surface area contributed by atoms with E-state index in [9.17, 15) is 4.79 Å². The number of rotatable bonds is 3. The summed E-state index contributed by atoms with van der Waals surface area (Å²) in [6.07, 6.45) is 3.56. The predicted octanol–water partition coefficient (Wildman–Crippen LogP) is 3.66. The Morgan fingerprint density at radius 2 is 2.29 bits per heavy atom. The molecule has 1 saturated heterocycles. The molecule has 1 aliphatic rings. The molecule has 1 aliphatic heterocycles. The van der Waals surface area contributed by atoms with E-state index >= 15 is 0 Å². The minimum atomic E-state index is -0.109. The van der Waals surface area contributed by atoms with Crippen LogP contribution in [0.3, 0.4) is 0 Å². The molecule has 0 saturated carbocycles. The number of amides is 2. The van der Waals surface area contributed by atoms with Crippen molar-refractivity contribution in [1.82, 2.24) is 4.90 Å². The van der Waals surface area contributed by atoms with Gasteiger partial charge in [0.2, 0.25) is 0 Å². The number of furan rings is 1. The normalized spacial score (nSPS) is 17.8. The van der Waals surface area contributed by atoms with Crippen molar-refractivity contribution >= 4 is 11.7 Å². The molecule has 0 aliphatic carbocycles. The first-order valence-corrected chi connectivity index (χ1v) is 7.03. The Morgan fingerprint density at radius 1 is 1.38 bits per heavy atom. The van der Waals surface area contributed by atoms with Gasteiger partial charge in [-0.3, -0.25) is 0 Å². The van der Waals surface area contributed by atoms with E-state index in [1.807, 2.05) is 35.2 Å². The average molecular weight is 286 g/mol. The molecule has 0 spiro atoms. The second-order valence-corrected chi connectivity index (χ2v) is 5.03. The monoisotopic (exact) mass is 286 g/mol. The van der Waals surface area contributed by atoms with Crippen molar-refractivity contribution in [3.05, 3.63) is 48.4 Å². The number of carbonyl (C=O) groups is 1. The zero-order valence-electron chi connectivity index (χ0n) is 11.9. The van der Waals surface area contributed by atoms with Crippen LogP contribution in [-0.2, 0) is 0 Å². The summed E-state index contributed by atoms with van der Waals surface area (Å²) in [7, 11) is 1.61. The highest BCUT2D eigenvalue weighted by Gasteiger charge is 2.31. The van der Waals surface area contributed by atoms with Crippen LogP contribution in [0.1, 0.15) is 24.6 Å². The fourth-order valence-corrected chi connectivity index (χ4v) is 2.68. The van der Waals surface area contributed by atoms with Gasteiger partial charge in [0, 0.05) is 18.3 Å². The summed E-state index contributed by atoms with van der Waals surface area (Å²) in [6, 6.07) is 11.0. The molecule has 1 aromatic carbocycles. The van der Waals surface area contributed by atoms with Gasteiger partial charge in [0.25, 0.3) is 0 Å². The van der Waals surface area contributed by atoms with Crippen molar-refractivity contribution in [3.63, 3.8) is 0 Å². The Kier molecular flexibility index (Phi) is 3.81. The van der Waals surface area contributed by atoms with Crippen molar-refractivity contribution in [1.29, 1.82) is 0 Å². The third kappa shape index (κ3) is 2.86. The van der Waals surface area contributed by atoms with E-state index < -0.39 is 0 Å². The number of urea groups is 1. The molecule has 5 heteroatoms. The lowest BCUT2D eigenvalue weighted by molar-refractivity contribution is 0.200. The number of likely N-dealkylation sites (tertiary alicyclic amines) is 1. The largest absolute Gasteiger partial charge is 0.497 e. The third-order valence-corrected chi connectivity index (χ3v) is 3.71. The highest BCUT2D eigenvalue weighted by atomic mass is 16.5. The molecule has 1 N–H and O–H groups in total. The van der Waals surface area contributed by atoms with Crippen LogP contribution in [0.25, 0.3) is 0 Å². The van der Waals surface area contributed by atoms with Gasteiger partial charge in [-0.15, -0.1) is 0 Å². The molecular formula is C16H18N2O3. The van der Waals surface area contributed by atoms with E-state index in [0.29, 0.717) is 0 Å². The van der Waals surface area contributed by atoms with Gasteiger partial charge < -0.3 is 19.4 Å². The number of nitrogens with zero attached hydrogens (tertiary/aromatic N) is 1. The van der Waals surface area contributed by atoms with Crippen molar-refractivity contribution < 1.29 is 13.9 Å². The molecule has 110 valence electrons. The van der Waals surface area contributed by atoms with Crippen LogP contribution in [0.15, 0.2) is 47.1 Å². The van der Waals surface area contributed by atoms with Gasteiger partial charge in [0.05, 0.1) is 19.4 Å². The topological polar surface area (TPSA) is 54.7 Å². The number of benzene rings is 1. The molecule has 0 radical (unpaired) electrons. The van der Waals surface area contributed by atoms with Gasteiger partial charge >= 0.3 is 6.03 Å². The number of nitrogens with one attached hydrogen (secondary N) is 1. The van der Waals surface area contributed by atoms with Crippen LogP contribution in [-0.4, -0.2) is 24.6 Å². The van der Waals surface area contributed by atoms with Crippen LogP contribution in [0.5, 0.6) is 5.75 Å². The summed E-state index contributed by atoms with van der Waals surface area (Å²) >= 11 is 0. The van der Waals surface area contributed by atoms with Gasteiger partial charge in [-0.25, -0.2) is 4.79 Å². The zero-order chi connectivity index (χ0) is 14.7. The lowest BCUT2D eigenvalue weighted by atomic mass is 10.2. The number of methoxy groups -OCH3 is 1. The first kappa shape index (κ1) is 13.5. The summed E-state index contributed by atoms with van der Waals surface area (Å²) in [4.78, 5) is 14.3. The second-order valence-electron chi connectivity index (χ2n) is 5.03. The minimum Gasteiger partial charge on any atom is -0.497 e. The average Bonchev–Trinajstić information content (AvgIpc) is 3.18. The van der Waals surface area contributed by atoms with Gasteiger partial charge in [-0.05, 0) is 37.1 Å². The van der Waals surface area contributed by atoms with Crippen molar-refractivity contribution in [2.75, 3.05) is 19.0 Å². The summed E-state index contributed by atoms with van der Waals surface area (Å²) in [5.74, 6) is 1.56. The number of hydrogen-bond donors (Lipinski definition) is 1. The van der Waals surface area contributed by atoms with Crippen LogP contribution >= 0.6 is 0 Å². The van der Waals surface area contributed by atoms with Gasteiger partial charge in [0.1, 0.15) is 11.5 Å². The highest BCUT2D eigenvalue weighted by molar-refractivity contribution is 5.90. The van der Waals surface area contributed by atoms with Gasteiger partial charge in [-0.1, -0.05) is 6.07 Å². The molecule has 1 unspecified atom stereocenters. The van der Waals surface area contributed by atoms with Crippen molar-refractivity contribution in [2.24, 2.45) is 0 Å². The van der Waals surface area contributed by atoms with E-state index in [-0.39, 0.29) is 12.1 Å². The maximum Gasteiger partial charge on any atom is 0.322 e. The van der Waals surface area contributed by atoms with E-state index in [1.165, 1.54) is 0 Å². The maximum absolute atomic E-state index is 12.5. The smallest absolute Gasteiger partial charge is 0.322 e. The standard InChI is InChI=1S/C16H18N2O3/c1-20-13-6-2-5-12(11-13)17-16(19)18-9-3-7-14(18)15-8-4-10-21-15/h2,4-6,8,10-11,14H,3,7,9H2,1H3,(H,17,19). The molecule has 2 heterocycles. The molecule has 1 fully saturated rings. The molecule has 3 rings (SSSR count). The quantitative estimate of drug-likeness (QED) is 0.936. The van der Waals surface area contributed by atoms with Gasteiger partial charge in [0.15, 0.2) is 0 Å². The molecule has 5 nitrogen and oxygen atoms in total. The Hall–Kier alpha value is -2.43. The summed E-state index contributed by atoms with van der Waals surface area (Å²) in [5.41, 5.74) is 0.726. The lowest BCUT2D eigenvalue weighted by Crippen LogP contribution is -2.34. The molecule has 21 heavy (non-hydrogen) atoms. The fraction of sp³-hybridized carbons (Fsp3) is 0.312. The van der Waals surface area contributed by atoms with Gasteiger partial charge in [-0.2, -0.15) is 0 Å². The first-order chi connectivity index (χ1) is 10.3. The molecule has 1 aromatic heterocycles. The van der Waals surface area contributed by atoms with E-state index in [4.69, 9.17) is 9.15 Å². The Bertz CT molecular complexity index is 610. The summed E-state index contributed by atoms with van der Waals surface area (Å²) in [6.45, 7) is 0.737. The SMILES string of the molecule is COc1cccc(NC(=O)N2CCCC2c2ccco2)c1. The molecular weight excluding hydrogens is 268 g/mol. The van der Waals surface area contributed by atoms with Crippen molar-refractivity contribution in [2.45, 2.75) is 18.9 Å². The van der Waals surface area contributed by atoms with Crippen LogP contribution < -0.4 is 10.1 Å². The first-order valence-electron chi connectivity index (χ1n) is 7.03. The number of anilines is 1. The summed E-state index contributed by atoms with van der Waals surface area (Å²) in [5, 5.41) is 2.92. The maximum atomic E-state index is 12.5. The number of carbonyl (C=O) groups excluding carboxylic acids is 1. The highest BCUT2D eigenvalue weighted by Crippen LogP contribution is 2.32. The lowest BCUT2D eigenvalue weighted by Gasteiger charge is -2.23. The zero-order valence-corrected chi connectivity index (χ0v) is 11.9. The molecule has 0 bridgehead atoms. The summed E-state index contributed by atoms with van der Waals surface area (Å²) < 4.78 is 10.6. The molecule has 2 aromatic rings. The molecule has 1 atom stereocenters. The fourth-order valence-electron chi connectivity index (χ4n) is 2.68. The third-order valence-electron chi connectivity index (χ3n) is 3.71. The Balaban J connectivity index is 1.72. The Morgan fingerprint density at radius 3 is 3.05 bits per heavy atom. The molecule has 2 amide bonds. The second kappa shape index (κ2) is 5.91. The van der Waals surface area contributed by atoms with Crippen LogP contribution in [0.4, 0.5) is 10.5 Å². The number of ether oxygens (including phenoxy) is 1. The van der Waals surface area contributed by atoms with Crippen LogP contribution in [0.2, 0.25) is 0 Å². The van der Waals surface area contributed by atoms with E-state index in [1.54, 1.807) is 19.4 Å². The van der Waals surface area contributed by atoms with E-state index in [2.05, 4.69) is 5.32 Å². The predicted molar refractivity (Wildman–Crippen MR) is 79.4 cm³/mol. The van der Waals surface area contributed by atoms with E-state index in [0.717, 1.165) is 36.6 Å². The Labute approximate surface area is 123 Å². The van der Waals surface area contributed by atoms with Crippen LogP contribution in [0, 0.1) is 0 Å².